The molecule has 0 bridgehead atoms. The van der Waals surface area contributed by atoms with Crippen molar-refractivity contribution < 1.29 is 4.74 Å². The second-order valence-corrected chi connectivity index (χ2v) is 8.66. The van der Waals surface area contributed by atoms with E-state index in [1.54, 1.807) is 34.0 Å². The average Bonchev–Trinajstić information content (AvgIpc) is 3.28. The van der Waals surface area contributed by atoms with E-state index in [1.807, 2.05) is 79.9 Å². The first kappa shape index (κ1) is 23.3. The van der Waals surface area contributed by atoms with Crippen LogP contribution in [0.25, 0.3) is 11.3 Å². The lowest BCUT2D eigenvalue weighted by molar-refractivity contribution is 0.415. The van der Waals surface area contributed by atoms with Gasteiger partial charge >= 0.3 is 5.56 Å². The zero-order chi connectivity index (χ0) is 23.9. The highest BCUT2D eigenvalue weighted by atomic mass is 32.2. The molecule has 0 aliphatic rings. The van der Waals surface area contributed by atoms with Crippen molar-refractivity contribution in [2.45, 2.75) is 24.8 Å². The minimum absolute atomic E-state index is 0.173. The van der Waals surface area contributed by atoms with Crippen LogP contribution in [-0.2, 0) is 5.75 Å². The lowest BCUT2D eigenvalue weighted by atomic mass is 10.1. The Hall–Kier alpha value is -3.84. The number of hydrogen-bond acceptors (Lipinski definition) is 5. The molecule has 3 aromatic carbocycles. The minimum atomic E-state index is -0.173. The summed E-state index contributed by atoms with van der Waals surface area (Å²) in [6, 6.07) is 25.8. The molecule has 2 heterocycles. The predicted octanol–water partition coefficient (Wildman–Crippen LogP) is 5.48. The van der Waals surface area contributed by atoms with Gasteiger partial charge in [0.15, 0.2) is 5.16 Å². The molecule has 172 valence electrons. The van der Waals surface area contributed by atoms with Crippen molar-refractivity contribution in [2.24, 2.45) is 0 Å². The maximum Gasteiger partial charge on any atom is 0.300 e. The van der Waals surface area contributed by atoms with Crippen LogP contribution in [0.4, 0.5) is 0 Å². The number of ether oxygens (including phenoxy) is 1. The van der Waals surface area contributed by atoms with Gasteiger partial charge in [-0.1, -0.05) is 66.4 Å². The van der Waals surface area contributed by atoms with Crippen LogP contribution in [0.15, 0.2) is 101 Å². The van der Waals surface area contributed by atoms with E-state index in [1.165, 1.54) is 11.1 Å². The Morgan fingerprint density at radius 3 is 2.35 bits per heavy atom. The van der Waals surface area contributed by atoms with Crippen LogP contribution >= 0.6 is 11.8 Å². The third kappa shape index (κ3) is 5.38. The highest BCUT2D eigenvalue weighted by Gasteiger charge is 2.12. The number of methoxy groups -OCH3 is 1. The van der Waals surface area contributed by atoms with E-state index < -0.39 is 0 Å². The number of nitrogens with zero attached hydrogens (tertiary/aromatic N) is 4. The number of aryl methyl sites for hydroxylation is 2. The van der Waals surface area contributed by atoms with Crippen molar-refractivity contribution in [1.29, 1.82) is 0 Å². The molecule has 0 aliphatic carbocycles. The Labute approximate surface area is 202 Å². The van der Waals surface area contributed by atoms with Gasteiger partial charge in [-0.2, -0.15) is 0 Å². The van der Waals surface area contributed by atoms with Crippen molar-refractivity contribution in [3.63, 3.8) is 0 Å². The highest BCUT2D eigenvalue weighted by Crippen LogP contribution is 2.23. The topological polar surface area (TPSA) is 61.4 Å². The molecule has 0 saturated heterocycles. The number of para-hydroxylation sites is 1. The van der Waals surface area contributed by atoms with Crippen LogP contribution in [0, 0.1) is 13.8 Å². The van der Waals surface area contributed by atoms with E-state index in [2.05, 4.69) is 29.3 Å². The maximum absolute atomic E-state index is 12.8. The number of benzene rings is 3. The zero-order valence-corrected chi connectivity index (χ0v) is 20.2. The summed E-state index contributed by atoms with van der Waals surface area (Å²) < 4.78 is 8.28. The number of fused-ring (bicyclic) bond motifs is 1. The Bertz CT molecular complexity index is 1440. The molecule has 7 heteroatoms. The Morgan fingerprint density at radius 1 is 0.882 bits per heavy atom. The largest absolute Gasteiger partial charge is 0.497 e. The van der Waals surface area contributed by atoms with Crippen LogP contribution < -0.4 is 10.3 Å². The van der Waals surface area contributed by atoms with Gasteiger partial charge in [0.2, 0.25) is 5.65 Å². The van der Waals surface area contributed by atoms with Crippen LogP contribution in [0.1, 0.15) is 16.7 Å². The first-order valence-corrected chi connectivity index (χ1v) is 11.8. The fourth-order valence-electron chi connectivity index (χ4n) is 3.42. The first-order chi connectivity index (χ1) is 16.6. The van der Waals surface area contributed by atoms with Gasteiger partial charge in [0.25, 0.3) is 0 Å². The van der Waals surface area contributed by atoms with E-state index in [4.69, 9.17) is 4.74 Å². The number of thioether (sulfide) groups is 1. The summed E-state index contributed by atoms with van der Waals surface area (Å²) in [6.07, 6.45) is 3.62. The van der Waals surface area contributed by atoms with Gasteiger partial charge in [-0.05, 0) is 54.8 Å². The molecule has 0 aliphatic heterocycles. The second-order valence-electron chi connectivity index (χ2n) is 7.72. The van der Waals surface area contributed by atoms with E-state index in [-0.39, 0.29) is 5.56 Å². The number of rotatable bonds is 5. The van der Waals surface area contributed by atoms with Gasteiger partial charge in [0.05, 0.1) is 7.11 Å². The Kier molecular flexibility index (Phi) is 7.44. The van der Waals surface area contributed by atoms with Crippen LogP contribution in [0.5, 0.6) is 5.75 Å². The summed E-state index contributed by atoms with van der Waals surface area (Å²) in [7, 11) is 1.66. The number of aromatic nitrogens is 4. The summed E-state index contributed by atoms with van der Waals surface area (Å²) in [5.74, 6) is 1.70. The zero-order valence-electron chi connectivity index (χ0n) is 19.4. The lowest BCUT2D eigenvalue weighted by Gasteiger charge is -2.07. The monoisotopic (exact) mass is 470 g/mol. The average molecular weight is 471 g/mol. The lowest BCUT2D eigenvalue weighted by Crippen LogP contribution is -2.20. The van der Waals surface area contributed by atoms with Crippen molar-refractivity contribution in [3.05, 3.63) is 118 Å². The quantitative estimate of drug-likeness (QED) is 0.318. The van der Waals surface area contributed by atoms with E-state index in [9.17, 15) is 4.79 Å². The molecule has 0 amide bonds. The second kappa shape index (κ2) is 10.9. The van der Waals surface area contributed by atoms with Crippen molar-refractivity contribution in [1.82, 2.24) is 19.2 Å². The molecule has 2 aromatic heterocycles. The van der Waals surface area contributed by atoms with E-state index in [0.717, 1.165) is 27.9 Å². The molecule has 0 radical (unpaired) electrons. The summed E-state index contributed by atoms with van der Waals surface area (Å²) >= 11 is 1.58. The molecule has 0 unspecified atom stereocenters. The van der Waals surface area contributed by atoms with E-state index in [0.29, 0.717) is 5.65 Å². The summed E-state index contributed by atoms with van der Waals surface area (Å²) in [4.78, 5) is 12.8. The fourth-order valence-corrected chi connectivity index (χ4v) is 4.41. The van der Waals surface area contributed by atoms with Gasteiger partial charge < -0.3 is 4.74 Å². The van der Waals surface area contributed by atoms with Gasteiger partial charge in [-0.15, -0.1) is 10.2 Å². The first-order valence-electron chi connectivity index (χ1n) is 10.9. The highest BCUT2D eigenvalue weighted by molar-refractivity contribution is 7.98. The predicted molar refractivity (Wildman–Crippen MR) is 137 cm³/mol. The van der Waals surface area contributed by atoms with Gasteiger partial charge in [-0.3, -0.25) is 13.8 Å². The third-order valence-electron chi connectivity index (χ3n) is 5.32. The van der Waals surface area contributed by atoms with Crippen LogP contribution in [0.3, 0.4) is 0 Å². The van der Waals surface area contributed by atoms with E-state index >= 15 is 0 Å². The van der Waals surface area contributed by atoms with Crippen molar-refractivity contribution in [2.75, 3.05) is 7.11 Å². The minimum Gasteiger partial charge on any atom is -0.497 e. The molecule has 6 nitrogen and oxygen atoms in total. The molecule has 0 spiro atoms. The molecule has 34 heavy (non-hydrogen) atoms. The molecule has 0 N–H and O–H groups in total. The standard InChI is InChI=1S/C20H18N4OS.C7H8O/c1-14-6-5-9-17(12-14)23-10-11-24-18(19(23)25)21-22-20(24)26-13-16-8-4-3-7-15(16)2;1-8-7-5-3-2-4-6-7/h3-12H,13H2,1-2H3;2-6H,1H3. The molecular weight excluding hydrogens is 444 g/mol. The summed E-state index contributed by atoms with van der Waals surface area (Å²) in [5.41, 5.74) is 4.59. The van der Waals surface area contributed by atoms with Crippen molar-refractivity contribution >= 4 is 17.4 Å². The molecule has 5 aromatic rings. The molecule has 0 fully saturated rings. The van der Waals surface area contributed by atoms with Gasteiger partial charge in [0.1, 0.15) is 5.75 Å². The fraction of sp³-hybridized carbons (Fsp3) is 0.148. The Balaban J connectivity index is 0.000000291. The normalized spacial score (nSPS) is 10.6. The number of hydrogen-bond donors (Lipinski definition) is 0. The molecular formula is C27H26N4O2S. The van der Waals surface area contributed by atoms with Crippen LogP contribution in [0.2, 0.25) is 0 Å². The van der Waals surface area contributed by atoms with Gasteiger partial charge in [-0.25, -0.2) is 0 Å². The van der Waals surface area contributed by atoms with Gasteiger partial charge in [0, 0.05) is 23.8 Å². The van der Waals surface area contributed by atoms with Crippen molar-refractivity contribution in [3.8, 4) is 11.4 Å². The molecule has 0 saturated carbocycles. The third-order valence-corrected chi connectivity index (χ3v) is 6.31. The molecule has 5 rings (SSSR count). The van der Waals surface area contributed by atoms with Crippen LogP contribution in [-0.4, -0.2) is 26.3 Å². The summed E-state index contributed by atoms with van der Waals surface area (Å²) in [6.45, 7) is 4.10. The summed E-state index contributed by atoms with van der Waals surface area (Å²) in [5, 5.41) is 9.06. The smallest absolute Gasteiger partial charge is 0.300 e. The maximum atomic E-state index is 12.8. The SMILES string of the molecule is COc1ccccc1.Cc1cccc(-n2ccn3c(SCc4ccccc4C)nnc3c2=O)c1. The Morgan fingerprint density at radius 2 is 1.65 bits per heavy atom. The molecule has 0 atom stereocenters.